The number of carbonyl (C=O) groups excluding carboxylic acids is 1. The van der Waals surface area contributed by atoms with Crippen LogP contribution in [0.4, 0.5) is 0 Å². The summed E-state index contributed by atoms with van der Waals surface area (Å²) >= 11 is 0. The molecule has 2 N–H and O–H groups in total. The fraction of sp³-hybridized carbons (Fsp3) is 0.833. The van der Waals surface area contributed by atoms with E-state index in [-0.39, 0.29) is 12.5 Å². The number of ether oxygens (including phenoxy) is 1. The zero-order valence-electron chi connectivity index (χ0n) is 11.0. The number of aliphatic imine (C=N–C) groups is 1. The Labute approximate surface area is 103 Å². The number of carbonyl (C=O) groups is 1. The molecule has 0 spiro atoms. The van der Waals surface area contributed by atoms with Crippen molar-refractivity contribution in [1.29, 1.82) is 0 Å². The van der Waals surface area contributed by atoms with Crippen LogP contribution in [0.1, 0.15) is 40.0 Å². The number of hydrogen-bond donors (Lipinski definition) is 1. The molecule has 1 saturated heterocycles. The Morgan fingerprint density at radius 1 is 1.29 bits per heavy atom. The third kappa shape index (κ3) is 5.56. The van der Waals surface area contributed by atoms with Crippen LogP contribution < -0.4 is 5.73 Å². The summed E-state index contributed by atoms with van der Waals surface area (Å²) in [6, 6.07) is 0. The Kier molecular flexibility index (Phi) is 4.78. The highest BCUT2D eigenvalue weighted by molar-refractivity contribution is 5.81. The van der Waals surface area contributed by atoms with Crippen molar-refractivity contribution in [3.8, 4) is 0 Å². The average Bonchev–Trinajstić information content (AvgIpc) is 2.25. The molecule has 0 amide bonds. The molecule has 0 aromatic rings. The Bertz CT molecular complexity index is 289. The summed E-state index contributed by atoms with van der Waals surface area (Å²) in [7, 11) is 0. The van der Waals surface area contributed by atoms with Gasteiger partial charge < -0.3 is 15.4 Å². The Hall–Kier alpha value is -1.26. The van der Waals surface area contributed by atoms with Crippen molar-refractivity contribution in [3.63, 3.8) is 0 Å². The molecule has 1 heterocycles. The van der Waals surface area contributed by atoms with Crippen molar-refractivity contribution >= 4 is 11.9 Å². The van der Waals surface area contributed by atoms with Crippen LogP contribution in [-0.2, 0) is 9.53 Å². The maximum atomic E-state index is 11.4. The van der Waals surface area contributed by atoms with Crippen LogP contribution in [0.5, 0.6) is 0 Å². The number of nitrogens with zero attached hydrogens (tertiary/aromatic N) is 2. The lowest BCUT2D eigenvalue weighted by Gasteiger charge is -2.27. The Morgan fingerprint density at radius 3 is 2.41 bits per heavy atom. The van der Waals surface area contributed by atoms with Gasteiger partial charge in [0.05, 0.1) is 0 Å². The van der Waals surface area contributed by atoms with Gasteiger partial charge in [-0.25, -0.2) is 4.99 Å². The predicted molar refractivity (Wildman–Crippen MR) is 67.8 cm³/mol. The van der Waals surface area contributed by atoms with E-state index >= 15 is 0 Å². The minimum absolute atomic E-state index is 0.000394. The van der Waals surface area contributed by atoms with E-state index in [1.165, 1.54) is 6.42 Å². The van der Waals surface area contributed by atoms with Crippen LogP contribution in [0.2, 0.25) is 0 Å². The standard InChI is InChI=1S/C12H23N3O2/c1-12(2,3)17-10(16)9-14-11(13)15-7-5-4-6-8-15/h4-9H2,1-3H3,(H2,13,14). The van der Waals surface area contributed by atoms with Crippen molar-refractivity contribution < 1.29 is 9.53 Å². The van der Waals surface area contributed by atoms with Gasteiger partial charge in [0.25, 0.3) is 0 Å². The number of hydrogen-bond acceptors (Lipinski definition) is 3. The summed E-state index contributed by atoms with van der Waals surface area (Å²) in [6.45, 7) is 7.38. The smallest absolute Gasteiger partial charge is 0.328 e. The van der Waals surface area contributed by atoms with Crippen molar-refractivity contribution in [3.05, 3.63) is 0 Å². The highest BCUT2D eigenvalue weighted by Crippen LogP contribution is 2.09. The summed E-state index contributed by atoms with van der Waals surface area (Å²) in [4.78, 5) is 17.5. The predicted octanol–water partition coefficient (Wildman–Crippen LogP) is 1.13. The van der Waals surface area contributed by atoms with Crippen LogP contribution >= 0.6 is 0 Å². The maximum absolute atomic E-state index is 11.4. The van der Waals surface area contributed by atoms with E-state index in [9.17, 15) is 4.79 Å². The van der Waals surface area contributed by atoms with E-state index in [4.69, 9.17) is 10.5 Å². The molecule has 1 aliphatic heterocycles. The molecule has 17 heavy (non-hydrogen) atoms. The molecule has 0 bridgehead atoms. The highest BCUT2D eigenvalue weighted by atomic mass is 16.6. The van der Waals surface area contributed by atoms with E-state index in [2.05, 4.69) is 4.99 Å². The van der Waals surface area contributed by atoms with Crippen molar-refractivity contribution in [2.45, 2.75) is 45.6 Å². The first kappa shape index (κ1) is 13.8. The van der Waals surface area contributed by atoms with Gasteiger partial charge in [-0.2, -0.15) is 0 Å². The van der Waals surface area contributed by atoms with E-state index in [1.807, 2.05) is 25.7 Å². The fourth-order valence-electron chi connectivity index (χ4n) is 1.74. The van der Waals surface area contributed by atoms with Crippen LogP contribution in [-0.4, -0.2) is 42.1 Å². The Balaban J connectivity index is 2.38. The normalized spacial score (nSPS) is 18.1. The summed E-state index contributed by atoms with van der Waals surface area (Å²) in [5.41, 5.74) is 5.36. The molecular formula is C12H23N3O2. The van der Waals surface area contributed by atoms with Crippen molar-refractivity contribution in [1.82, 2.24) is 4.90 Å². The molecule has 5 nitrogen and oxygen atoms in total. The molecular weight excluding hydrogens is 218 g/mol. The van der Waals surface area contributed by atoms with E-state index < -0.39 is 5.60 Å². The molecule has 0 atom stereocenters. The summed E-state index contributed by atoms with van der Waals surface area (Å²) in [5, 5.41) is 0. The number of nitrogens with two attached hydrogens (primary N) is 1. The van der Waals surface area contributed by atoms with Gasteiger partial charge in [0.15, 0.2) is 5.96 Å². The van der Waals surface area contributed by atoms with Crippen LogP contribution in [0.25, 0.3) is 0 Å². The van der Waals surface area contributed by atoms with Gasteiger partial charge in [0.1, 0.15) is 12.1 Å². The summed E-state index contributed by atoms with van der Waals surface area (Å²) in [5.74, 6) is 0.119. The number of likely N-dealkylation sites (tertiary alicyclic amines) is 1. The average molecular weight is 241 g/mol. The number of rotatable bonds is 2. The second-order valence-electron chi connectivity index (χ2n) is 5.31. The fourth-order valence-corrected chi connectivity index (χ4v) is 1.74. The molecule has 98 valence electrons. The van der Waals surface area contributed by atoms with E-state index in [1.54, 1.807) is 0 Å². The third-order valence-electron chi connectivity index (χ3n) is 2.47. The Morgan fingerprint density at radius 2 is 1.88 bits per heavy atom. The van der Waals surface area contributed by atoms with Crippen molar-refractivity contribution in [2.75, 3.05) is 19.6 Å². The first-order valence-corrected chi connectivity index (χ1v) is 6.15. The second-order valence-corrected chi connectivity index (χ2v) is 5.31. The number of guanidine groups is 1. The molecule has 0 unspecified atom stereocenters. The molecule has 1 fully saturated rings. The third-order valence-corrected chi connectivity index (χ3v) is 2.47. The lowest BCUT2D eigenvalue weighted by atomic mass is 10.1. The van der Waals surface area contributed by atoms with Crippen LogP contribution in [0.15, 0.2) is 4.99 Å². The van der Waals surface area contributed by atoms with Gasteiger partial charge >= 0.3 is 5.97 Å². The number of piperidine rings is 1. The summed E-state index contributed by atoms with van der Waals surface area (Å²) in [6.07, 6.45) is 3.53. The minimum Gasteiger partial charge on any atom is -0.459 e. The molecule has 1 aliphatic rings. The number of esters is 1. The lowest BCUT2D eigenvalue weighted by Crippen LogP contribution is -2.41. The molecule has 0 aromatic heterocycles. The zero-order chi connectivity index (χ0) is 12.9. The van der Waals surface area contributed by atoms with Gasteiger partial charge in [-0.3, -0.25) is 4.79 Å². The van der Waals surface area contributed by atoms with E-state index in [0.29, 0.717) is 5.96 Å². The topological polar surface area (TPSA) is 67.9 Å². The van der Waals surface area contributed by atoms with Crippen LogP contribution in [0, 0.1) is 0 Å². The van der Waals surface area contributed by atoms with Crippen molar-refractivity contribution in [2.24, 2.45) is 10.7 Å². The van der Waals surface area contributed by atoms with E-state index in [0.717, 1.165) is 25.9 Å². The molecule has 5 heteroatoms. The van der Waals surface area contributed by atoms with Gasteiger partial charge in [-0.05, 0) is 40.0 Å². The zero-order valence-corrected chi connectivity index (χ0v) is 11.0. The molecule has 0 radical (unpaired) electrons. The minimum atomic E-state index is -0.466. The first-order chi connectivity index (χ1) is 7.88. The molecule has 0 aliphatic carbocycles. The van der Waals surface area contributed by atoms with Gasteiger partial charge in [-0.15, -0.1) is 0 Å². The molecule has 0 saturated carbocycles. The summed E-state index contributed by atoms with van der Waals surface area (Å²) < 4.78 is 5.16. The largest absolute Gasteiger partial charge is 0.459 e. The quantitative estimate of drug-likeness (QED) is 0.447. The first-order valence-electron chi connectivity index (χ1n) is 6.15. The lowest BCUT2D eigenvalue weighted by molar-refractivity contribution is -0.152. The SMILES string of the molecule is CC(C)(C)OC(=O)CN=C(N)N1CCCCC1. The van der Waals surface area contributed by atoms with Gasteiger partial charge in [0.2, 0.25) is 0 Å². The van der Waals surface area contributed by atoms with Crippen LogP contribution in [0.3, 0.4) is 0 Å². The second kappa shape index (κ2) is 5.89. The van der Waals surface area contributed by atoms with Gasteiger partial charge in [0, 0.05) is 13.1 Å². The highest BCUT2D eigenvalue weighted by Gasteiger charge is 2.16. The molecule has 0 aromatic carbocycles. The molecule has 1 rings (SSSR count). The maximum Gasteiger partial charge on any atom is 0.328 e. The monoisotopic (exact) mass is 241 g/mol. The van der Waals surface area contributed by atoms with Gasteiger partial charge in [-0.1, -0.05) is 0 Å².